The molecule has 0 bridgehead atoms. The highest BCUT2D eigenvalue weighted by atomic mass is 16.4. The van der Waals surface area contributed by atoms with Gasteiger partial charge in [0.15, 0.2) is 0 Å². The summed E-state index contributed by atoms with van der Waals surface area (Å²) in [5.41, 5.74) is 12.2. The molecule has 35 heavy (non-hydrogen) atoms. The van der Waals surface area contributed by atoms with Gasteiger partial charge in [0.2, 0.25) is 17.7 Å². The minimum Gasteiger partial charge on any atom is -0.508 e. The van der Waals surface area contributed by atoms with Gasteiger partial charge in [-0.15, -0.1) is 0 Å². The maximum absolute atomic E-state index is 13.2. The molecule has 196 valence electrons. The number of aliphatic carboxylic acids is 1. The van der Waals surface area contributed by atoms with Crippen LogP contribution in [-0.2, 0) is 25.6 Å². The topological polar surface area (TPSA) is 197 Å². The molecule has 11 heteroatoms. The quantitative estimate of drug-likeness (QED) is 0.166. The van der Waals surface area contributed by atoms with Crippen molar-refractivity contribution in [2.24, 2.45) is 17.4 Å². The predicted molar refractivity (Wildman–Crippen MR) is 131 cm³/mol. The summed E-state index contributed by atoms with van der Waals surface area (Å²) < 4.78 is 0. The van der Waals surface area contributed by atoms with E-state index in [2.05, 4.69) is 16.0 Å². The highest BCUT2D eigenvalue weighted by Crippen LogP contribution is 2.13. The van der Waals surface area contributed by atoms with Crippen LogP contribution in [0, 0.1) is 5.92 Å². The number of hydrogen-bond acceptors (Lipinski definition) is 7. The van der Waals surface area contributed by atoms with Gasteiger partial charge in [0, 0.05) is 6.42 Å². The average molecular weight is 494 g/mol. The number of carboxylic acid groups (broad SMARTS) is 1. The van der Waals surface area contributed by atoms with Crippen LogP contribution in [0.4, 0.5) is 0 Å². The van der Waals surface area contributed by atoms with E-state index in [-0.39, 0.29) is 24.5 Å². The van der Waals surface area contributed by atoms with Gasteiger partial charge in [-0.3, -0.25) is 19.2 Å². The predicted octanol–water partition coefficient (Wildman–Crippen LogP) is -0.00400. The van der Waals surface area contributed by atoms with E-state index in [0.29, 0.717) is 31.4 Å². The first kappa shape index (κ1) is 29.9. The molecule has 0 radical (unpaired) electrons. The molecule has 0 aliphatic rings. The normalized spacial score (nSPS) is 15.2. The Bertz CT molecular complexity index is 847. The third-order valence-corrected chi connectivity index (χ3v) is 5.88. The molecule has 0 fully saturated rings. The van der Waals surface area contributed by atoms with Crippen LogP contribution in [0.2, 0.25) is 0 Å². The molecule has 0 saturated carbocycles. The van der Waals surface area contributed by atoms with Crippen molar-refractivity contribution < 1.29 is 29.4 Å². The number of aromatic hydroxyl groups is 1. The van der Waals surface area contributed by atoms with E-state index in [1.165, 1.54) is 19.1 Å². The zero-order chi connectivity index (χ0) is 26.5. The highest BCUT2D eigenvalue weighted by molar-refractivity contribution is 5.94. The number of rotatable bonds is 15. The molecule has 5 atom stereocenters. The van der Waals surface area contributed by atoms with Gasteiger partial charge in [-0.05, 0) is 56.3 Å². The van der Waals surface area contributed by atoms with Crippen molar-refractivity contribution in [1.29, 1.82) is 0 Å². The molecule has 11 nitrogen and oxygen atoms in total. The second-order valence-corrected chi connectivity index (χ2v) is 8.76. The third-order valence-electron chi connectivity index (χ3n) is 5.88. The molecule has 0 aliphatic heterocycles. The van der Waals surface area contributed by atoms with Gasteiger partial charge >= 0.3 is 5.97 Å². The van der Waals surface area contributed by atoms with E-state index >= 15 is 0 Å². The van der Waals surface area contributed by atoms with Crippen LogP contribution in [0.25, 0.3) is 0 Å². The summed E-state index contributed by atoms with van der Waals surface area (Å²) in [6.45, 7) is 5.46. The molecule has 0 spiro atoms. The Morgan fingerprint density at radius 3 is 2.03 bits per heavy atom. The summed E-state index contributed by atoms with van der Waals surface area (Å²) >= 11 is 0. The number of carbonyl (C=O) groups excluding carboxylic acids is 3. The number of hydrogen-bond donors (Lipinski definition) is 7. The number of phenols is 1. The van der Waals surface area contributed by atoms with E-state index in [0.717, 1.165) is 0 Å². The van der Waals surface area contributed by atoms with E-state index in [4.69, 9.17) is 16.6 Å². The Hall–Kier alpha value is -3.18. The van der Waals surface area contributed by atoms with Crippen LogP contribution in [-0.4, -0.2) is 64.6 Å². The Balaban J connectivity index is 3.10. The lowest BCUT2D eigenvalue weighted by atomic mass is 9.98. The number of phenolic OH excluding ortho intramolecular Hbond substituents is 1. The van der Waals surface area contributed by atoms with E-state index in [9.17, 15) is 24.3 Å². The summed E-state index contributed by atoms with van der Waals surface area (Å²) in [4.78, 5) is 49.8. The van der Waals surface area contributed by atoms with Crippen LogP contribution in [0.3, 0.4) is 0 Å². The second kappa shape index (κ2) is 14.9. The second-order valence-electron chi connectivity index (χ2n) is 8.76. The van der Waals surface area contributed by atoms with Gasteiger partial charge in [-0.1, -0.05) is 32.4 Å². The van der Waals surface area contributed by atoms with Crippen LogP contribution in [0.15, 0.2) is 24.3 Å². The molecule has 1 aromatic rings. The Labute approximate surface area is 206 Å². The summed E-state index contributed by atoms with van der Waals surface area (Å²) in [5.74, 6) is -3.01. The molecule has 3 amide bonds. The monoisotopic (exact) mass is 493 g/mol. The van der Waals surface area contributed by atoms with Crippen LogP contribution < -0.4 is 27.4 Å². The van der Waals surface area contributed by atoms with Gasteiger partial charge in [0.1, 0.15) is 23.9 Å². The molecular formula is C24H39N5O6. The third kappa shape index (κ3) is 10.3. The zero-order valence-corrected chi connectivity index (χ0v) is 20.6. The Morgan fingerprint density at radius 1 is 0.914 bits per heavy atom. The number of carbonyl (C=O) groups is 4. The van der Waals surface area contributed by atoms with E-state index < -0.39 is 47.9 Å². The van der Waals surface area contributed by atoms with Crippen LogP contribution >= 0.6 is 0 Å². The first-order chi connectivity index (χ1) is 16.5. The molecule has 0 heterocycles. The van der Waals surface area contributed by atoms with Gasteiger partial charge in [0.05, 0.1) is 6.04 Å². The van der Waals surface area contributed by atoms with Crippen molar-refractivity contribution >= 4 is 23.7 Å². The number of benzene rings is 1. The van der Waals surface area contributed by atoms with Gasteiger partial charge < -0.3 is 37.6 Å². The van der Waals surface area contributed by atoms with Crippen molar-refractivity contribution in [1.82, 2.24) is 16.0 Å². The van der Waals surface area contributed by atoms with Crippen LogP contribution in [0.1, 0.15) is 52.0 Å². The van der Waals surface area contributed by atoms with Crippen LogP contribution in [0.5, 0.6) is 5.75 Å². The molecule has 1 rings (SSSR count). The van der Waals surface area contributed by atoms with Crippen molar-refractivity contribution in [3.05, 3.63) is 29.8 Å². The molecule has 0 aliphatic carbocycles. The van der Waals surface area contributed by atoms with Gasteiger partial charge in [0.25, 0.3) is 0 Å². The number of unbranched alkanes of at least 4 members (excludes halogenated alkanes) is 1. The maximum Gasteiger partial charge on any atom is 0.325 e. The lowest BCUT2D eigenvalue weighted by molar-refractivity contribution is -0.141. The summed E-state index contributed by atoms with van der Waals surface area (Å²) in [6.07, 6.45) is 2.16. The molecule has 0 saturated heterocycles. The fourth-order valence-electron chi connectivity index (χ4n) is 3.27. The lowest BCUT2D eigenvalue weighted by Crippen LogP contribution is -2.58. The molecule has 9 N–H and O–H groups in total. The maximum atomic E-state index is 13.2. The van der Waals surface area contributed by atoms with E-state index in [1.807, 2.05) is 13.8 Å². The van der Waals surface area contributed by atoms with Crippen molar-refractivity contribution in [2.75, 3.05) is 6.54 Å². The molecular weight excluding hydrogens is 454 g/mol. The number of nitrogens with one attached hydrogen (secondary N) is 3. The number of carboxylic acids is 1. The number of amides is 3. The summed E-state index contributed by atoms with van der Waals surface area (Å²) in [5, 5.41) is 26.3. The van der Waals surface area contributed by atoms with Gasteiger partial charge in [-0.2, -0.15) is 0 Å². The first-order valence-electron chi connectivity index (χ1n) is 11.9. The number of nitrogens with two attached hydrogens (primary N) is 2. The smallest absolute Gasteiger partial charge is 0.325 e. The average Bonchev–Trinajstić information content (AvgIpc) is 2.82. The van der Waals surface area contributed by atoms with Gasteiger partial charge in [-0.25, -0.2) is 0 Å². The summed E-state index contributed by atoms with van der Waals surface area (Å²) in [6, 6.07) is 2.14. The Kier molecular flexibility index (Phi) is 12.7. The van der Waals surface area contributed by atoms with Crippen molar-refractivity contribution in [2.45, 2.75) is 77.0 Å². The minimum absolute atomic E-state index is 0.0572. The molecule has 1 aromatic carbocycles. The SMILES string of the molecule is CCC(C)C(N)C(=O)NC(Cc1ccc(O)cc1)C(=O)NC(CCCCN)C(=O)NC(C)C(=O)O. The van der Waals surface area contributed by atoms with Crippen molar-refractivity contribution in [3.8, 4) is 5.75 Å². The minimum atomic E-state index is -1.21. The Morgan fingerprint density at radius 2 is 1.49 bits per heavy atom. The first-order valence-corrected chi connectivity index (χ1v) is 11.9. The lowest BCUT2D eigenvalue weighted by Gasteiger charge is -2.26. The molecule has 0 aromatic heterocycles. The fraction of sp³-hybridized carbons (Fsp3) is 0.583. The molecule has 5 unspecified atom stereocenters. The van der Waals surface area contributed by atoms with Crippen molar-refractivity contribution in [3.63, 3.8) is 0 Å². The fourth-order valence-corrected chi connectivity index (χ4v) is 3.27. The largest absolute Gasteiger partial charge is 0.508 e. The highest BCUT2D eigenvalue weighted by Gasteiger charge is 2.30. The zero-order valence-electron chi connectivity index (χ0n) is 20.6. The van der Waals surface area contributed by atoms with E-state index in [1.54, 1.807) is 12.1 Å². The standard InChI is InChI=1S/C24H39N5O6/c1-4-14(2)20(26)23(33)29-19(13-16-8-10-17(30)11-9-16)22(32)28-18(7-5-6-12-25)21(31)27-15(3)24(34)35/h8-11,14-15,18-20,30H,4-7,12-13,25-26H2,1-3H3,(H,27,31)(H,28,32)(H,29,33)(H,34,35). The summed E-state index contributed by atoms with van der Waals surface area (Å²) in [7, 11) is 0.